The third kappa shape index (κ3) is 4.84. The highest BCUT2D eigenvalue weighted by molar-refractivity contribution is 5.87. The Kier molecular flexibility index (Phi) is 5.83. The Bertz CT molecular complexity index is 840. The van der Waals surface area contributed by atoms with Crippen molar-refractivity contribution in [3.05, 3.63) is 58.1 Å². The molecule has 0 spiro atoms. The van der Waals surface area contributed by atoms with Crippen LogP contribution in [0.1, 0.15) is 12.5 Å². The Hall–Kier alpha value is -3.37. The molecule has 27 heavy (non-hydrogen) atoms. The summed E-state index contributed by atoms with van der Waals surface area (Å²) in [5.41, 5.74) is -1.93. The summed E-state index contributed by atoms with van der Waals surface area (Å²) >= 11 is 0. The molecule has 0 aliphatic carbocycles. The van der Waals surface area contributed by atoms with Crippen LogP contribution in [0.4, 0.5) is 33.8 Å². The molecule has 7 nitrogen and oxygen atoms in total. The fourth-order valence-electron chi connectivity index (χ4n) is 2.02. The van der Waals surface area contributed by atoms with Crippen molar-refractivity contribution < 1.29 is 36.8 Å². The number of halogens is 4. The minimum Gasteiger partial charge on any atom is -0.493 e. The number of nitrogens with zero attached hydrogens (tertiary/aromatic N) is 2. The smallest absolute Gasteiger partial charge is 0.448 e. The van der Waals surface area contributed by atoms with Crippen LogP contribution in [0.5, 0.6) is 11.5 Å². The van der Waals surface area contributed by atoms with E-state index in [1.165, 1.54) is 6.92 Å². The summed E-state index contributed by atoms with van der Waals surface area (Å²) < 4.78 is 62.5. The number of nitro groups is 1. The highest BCUT2D eigenvalue weighted by Crippen LogP contribution is 2.38. The summed E-state index contributed by atoms with van der Waals surface area (Å²) in [6.45, 7) is 1.34. The van der Waals surface area contributed by atoms with Gasteiger partial charge in [0.1, 0.15) is 11.5 Å². The first kappa shape index (κ1) is 19.9. The second kappa shape index (κ2) is 7.89. The summed E-state index contributed by atoms with van der Waals surface area (Å²) in [6.07, 6.45) is -6.27. The van der Waals surface area contributed by atoms with Crippen molar-refractivity contribution in [1.29, 1.82) is 0 Å². The highest BCUT2D eigenvalue weighted by atomic mass is 19.4. The van der Waals surface area contributed by atoms with E-state index in [2.05, 4.69) is 4.74 Å². The summed E-state index contributed by atoms with van der Waals surface area (Å²) in [5, 5.41) is 10.0. The van der Waals surface area contributed by atoms with E-state index in [1.807, 2.05) is 0 Å². The number of amides is 1. The summed E-state index contributed by atoms with van der Waals surface area (Å²) in [7, 11) is 0. The van der Waals surface area contributed by atoms with Crippen molar-refractivity contribution in [2.45, 2.75) is 13.1 Å². The van der Waals surface area contributed by atoms with Crippen LogP contribution in [0.25, 0.3) is 0 Å². The van der Waals surface area contributed by atoms with Gasteiger partial charge in [0.05, 0.1) is 22.8 Å². The molecule has 2 aromatic carbocycles. The van der Waals surface area contributed by atoms with Gasteiger partial charge in [-0.25, -0.2) is 4.79 Å². The zero-order valence-electron chi connectivity index (χ0n) is 13.7. The first-order chi connectivity index (χ1) is 12.6. The number of non-ortho nitro benzene ring substituents is 1. The van der Waals surface area contributed by atoms with Gasteiger partial charge in [-0.1, -0.05) is 4.48 Å². The molecule has 0 aliphatic heterocycles. The molecule has 0 bridgehead atoms. The summed E-state index contributed by atoms with van der Waals surface area (Å²) in [6, 6.07) is 6.25. The number of hydrogen-bond donors (Lipinski definition) is 0. The minimum atomic E-state index is -4.72. The lowest BCUT2D eigenvalue weighted by Crippen LogP contribution is -2.25. The first-order valence-corrected chi connectivity index (χ1v) is 7.39. The van der Waals surface area contributed by atoms with Crippen molar-refractivity contribution >= 4 is 17.5 Å². The normalized spacial score (nSPS) is 11.0. The fraction of sp³-hybridized carbons (Fsp3) is 0.188. The standard InChI is InChI=1S/C16H12F4N2O5/c1-2-26-14-9-11(5-8-13(14)16(17,18)19)21(20)15(23)27-12-6-3-10(4-7-12)22(24)25/h3-9H,2H2,1H3. The lowest BCUT2D eigenvalue weighted by molar-refractivity contribution is -0.384. The van der Waals surface area contributed by atoms with Crippen LogP contribution in [0.3, 0.4) is 0 Å². The van der Waals surface area contributed by atoms with Gasteiger partial charge in [-0.15, -0.1) is 5.12 Å². The van der Waals surface area contributed by atoms with Crippen LogP contribution in [-0.2, 0) is 6.18 Å². The predicted molar refractivity (Wildman–Crippen MR) is 85.3 cm³/mol. The molecule has 11 heteroatoms. The molecule has 0 unspecified atom stereocenters. The molecule has 0 aromatic heterocycles. The number of anilines is 1. The molecule has 0 aliphatic rings. The lowest BCUT2D eigenvalue weighted by Gasteiger charge is -2.17. The SMILES string of the molecule is CCOc1cc(N(F)C(=O)Oc2ccc([N+](=O)[O-])cc2)ccc1C(F)(F)F. The number of carbonyl (C=O) groups excluding carboxylic acids is 1. The quantitative estimate of drug-likeness (QED) is 0.315. The molecule has 0 saturated carbocycles. The van der Waals surface area contributed by atoms with Gasteiger partial charge < -0.3 is 9.47 Å². The number of alkyl halides is 3. The van der Waals surface area contributed by atoms with Crippen molar-refractivity contribution in [3.8, 4) is 11.5 Å². The topological polar surface area (TPSA) is 81.9 Å². The summed E-state index contributed by atoms with van der Waals surface area (Å²) in [5.74, 6) is -0.835. The van der Waals surface area contributed by atoms with E-state index in [-0.39, 0.29) is 18.0 Å². The van der Waals surface area contributed by atoms with E-state index in [4.69, 9.17) is 4.74 Å². The Morgan fingerprint density at radius 1 is 1.19 bits per heavy atom. The number of benzene rings is 2. The highest BCUT2D eigenvalue weighted by Gasteiger charge is 2.35. The zero-order valence-corrected chi connectivity index (χ0v) is 13.7. The molecule has 0 N–H and O–H groups in total. The number of ether oxygens (including phenoxy) is 2. The Morgan fingerprint density at radius 2 is 1.81 bits per heavy atom. The third-order valence-corrected chi connectivity index (χ3v) is 3.21. The van der Waals surface area contributed by atoms with Gasteiger partial charge in [-0.2, -0.15) is 13.2 Å². The van der Waals surface area contributed by atoms with Crippen LogP contribution in [-0.4, -0.2) is 17.6 Å². The van der Waals surface area contributed by atoms with Crippen LogP contribution in [0.15, 0.2) is 42.5 Å². The van der Waals surface area contributed by atoms with E-state index < -0.39 is 39.3 Å². The van der Waals surface area contributed by atoms with Crippen molar-refractivity contribution in [3.63, 3.8) is 0 Å². The molecule has 0 fully saturated rings. The Labute approximate surface area is 149 Å². The maximum Gasteiger partial charge on any atom is 0.448 e. The Balaban J connectivity index is 2.20. The molecule has 0 heterocycles. The van der Waals surface area contributed by atoms with Crippen LogP contribution >= 0.6 is 0 Å². The number of rotatable bonds is 5. The van der Waals surface area contributed by atoms with Gasteiger partial charge in [0.25, 0.3) is 5.69 Å². The van der Waals surface area contributed by atoms with Gasteiger partial charge in [-0.05, 0) is 31.2 Å². The van der Waals surface area contributed by atoms with E-state index in [0.29, 0.717) is 12.1 Å². The van der Waals surface area contributed by atoms with E-state index in [9.17, 15) is 32.6 Å². The van der Waals surface area contributed by atoms with Crippen LogP contribution < -0.4 is 14.6 Å². The largest absolute Gasteiger partial charge is 0.493 e. The van der Waals surface area contributed by atoms with Gasteiger partial charge >= 0.3 is 12.3 Å². The first-order valence-electron chi connectivity index (χ1n) is 7.39. The average molecular weight is 388 g/mol. The molecule has 1 amide bonds. The maximum atomic E-state index is 14.2. The molecule has 0 radical (unpaired) electrons. The molecular formula is C16H12F4N2O5. The van der Waals surface area contributed by atoms with Crippen molar-refractivity contribution in [2.24, 2.45) is 0 Å². The molecule has 0 saturated heterocycles. The monoisotopic (exact) mass is 388 g/mol. The van der Waals surface area contributed by atoms with E-state index in [1.54, 1.807) is 0 Å². The zero-order chi connectivity index (χ0) is 20.2. The molecule has 144 valence electrons. The molecule has 2 rings (SSSR count). The minimum absolute atomic E-state index is 0.105. The number of nitro benzene ring substituents is 1. The lowest BCUT2D eigenvalue weighted by atomic mass is 10.1. The van der Waals surface area contributed by atoms with Gasteiger partial charge in [0.15, 0.2) is 0 Å². The second-order valence-corrected chi connectivity index (χ2v) is 5.01. The molecule has 2 aromatic rings. The van der Waals surface area contributed by atoms with Gasteiger partial charge in [0, 0.05) is 18.2 Å². The van der Waals surface area contributed by atoms with Crippen molar-refractivity contribution in [1.82, 2.24) is 0 Å². The molecular weight excluding hydrogens is 376 g/mol. The summed E-state index contributed by atoms with van der Waals surface area (Å²) in [4.78, 5) is 21.7. The predicted octanol–water partition coefficient (Wildman–Crippen LogP) is 4.90. The Morgan fingerprint density at radius 3 is 2.33 bits per heavy atom. The van der Waals surface area contributed by atoms with E-state index in [0.717, 1.165) is 30.3 Å². The van der Waals surface area contributed by atoms with Crippen LogP contribution in [0, 0.1) is 10.1 Å². The third-order valence-electron chi connectivity index (χ3n) is 3.21. The van der Waals surface area contributed by atoms with E-state index >= 15 is 0 Å². The van der Waals surface area contributed by atoms with Gasteiger partial charge in [0.2, 0.25) is 0 Å². The number of hydrogen-bond acceptors (Lipinski definition) is 5. The van der Waals surface area contributed by atoms with Crippen molar-refractivity contribution in [2.75, 3.05) is 11.7 Å². The second-order valence-electron chi connectivity index (χ2n) is 5.01. The average Bonchev–Trinajstić information content (AvgIpc) is 2.60. The molecule has 0 atom stereocenters. The maximum absolute atomic E-state index is 14.2. The van der Waals surface area contributed by atoms with Gasteiger partial charge in [-0.3, -0.25) is 10.1 Å². The van der Waals surface area contributed by atoms with Crippen LogP contribution in [0.2, 0.25) is 0 Å². The number of carbonyl (C=O) groups is 1. The fourth-order valence-corrected chi connectivity index (χ4v) is 2.02.